The highest BCUT2D eigenvalue weighted by molar-refractivity contribution is 7.15. The maximum atomic E-state index is 4.70. The first kappa shape index (κ1) is 18.6. The molecule has 1 aromatic heterocycles. The van der Waals surface area contributed by atoms with Crippen molar-refractivity contribution in [2.45, 2.75) is 57.2 Å². The highest BCUT2D eigenvalue weighted by atomic mass is 32.1. The summed E-state index contributed by atoms with van der Waals surface area (Å²) < 4.78 is 0. The van der Waals surface area contributed by atoms with Crippen LogP contribution in [0.5, 0.6) is 0 Å². The van der Waals surface area contributed by atoms with E-state index in [0.29, 0.717) is 12.1 Å². The second-order valence-corrected chi connectivity index (χ2v) is 9.93. The molecule has 0 N–H and O–H groups in total. The molecular formula is C23H32N4S. The van der Waals surface area contributed by atoms with E-state index < -0.39 is 0 Å². The number of nitrogens with zero attached hydrogens (tertiary/aromatic N) is 4. The zero-order valence-corrected chi connectivity index (χ0v) is 17.8. The van der Waals surface area contributed by atoms with Crippen molar-refractivity contribution in [3.05, 3.63) is 46.5 Å². The Morgan fingerprint density at radius 3 is 2.57 bits per heavy atom. The molecule has 0 saturated carbocycles. The van der Waals surface area contributed by atoms with E-state index in [9.17, 15) is 0 Å². The van der Waals surface area contributed by atoms with Gasteiger partial charge in [-0.25, -0.2) is 4.98 Å². The van der Waals surface area contributed by atoms with Crippen molar-refractivity contribution in [3.8, 4) is 0 Å². The van der Waals surface area contributed by atoms with Crippen LogP contribution in [0.25, 0.3) is 0 Å². The molecule has 0 radical (unpaired) electrons. The highest BCUT2D eigenvalue weighted by Gasteiger charge is 2.31. The van der Waals surface area contributed by atoms with E-state index in [1.807, 2.05) is 11.3 Å². The van der Waals surface area contributed by atoms with Crippen molar-refractivity contribution >= 4 is 16.5 Å². The molecule has 0 bridgehead atoms. The number of benzene rings is 1. The van der Waals surface area contributed by atoms with E-state index in [2.05, 4.69) is 52.2 Å². The first-order valence-electron chi connectivity index (χ1n) is 11.0. The zero-order chi connectivity index (χ0) is 18.9. The molecule has 5 rings (SSSR count). The van der Waals surface area contributed by atoms with Gasteiger partial charge in [0.25, 0.3) is 0 Å². The van der Waals surface area contributed by atoms with Gasteiger partial charge in [-0.1, -0.05) is 24.3 Å². The fraction of sp³-hybridized carbons (Fsp3) is 0.609. The average molecular weight is 397 g/mol. The minimum atomic E-state index is 0.662. The molecule has 2 saturated heterocycles. The third-order valence-corrected chi connectivity index (χ3v) is 7.96. The van der Waals surface area contributed by atoms with E-state index in [0.717, 1.165) is 6.54 Å². The lowest BCUT2D eigenvalue weighted by Gasteiger charge is -2.40. The van der Waals surface area contributed by atoms with Gasteiger partial charge >= 0.3 is 0 Å². The second kappa shape index (κ2) is 8.13. The summed E-state index contributed by atoms with van der Waals surface area (Å²) >= 11 is 1.90. The number of piperidine rings is 1. The summed E-state index contributed by atoms with van der Waals surface area (Å²) in [6, 6.07) is 10.4. The third-order valence-electron chi connectivity index (χ3n) is 6.92. The number of likely N-dealkylation sites (tertiary alicyclic amines) is 1. The quantitative estimate of drug-likeness (QED) is 0.766. The Labute approximate surface area is 173 Å². The standard InChI is InChI=1S/C23H32N4S/c1-25(17-22-15-24-23(28-22)26-10-4-5-11-26)20-9-6-12-27(16-20)21-13-18-7-2-3-8-19(18)14-21/h2-3,7-8,15,20-21H,4-6,9-14,16-17H2,1H3. The van der Waals surface area contributed by atoms with Crippen LogP contribution >= 0.6 is 11.3 Å². The van der Waals surface area contributed by atoms with Crippen LogP contribution in [-0.2, 0) is 19.4 Å². The van der Waals surface area contributed by atoms with Crippen LogP contribution in [0.1, 0.15) is 41.7 Å². The van der Waals surface area contributed by atoms with Crippen LogP contribution in [-0.4, -0.2) is 60.1 Å². The molecule has 2 aromatic rings. The maximum absolute atomic E-state index is 4.70. The summed E-state index contributed by atoms with van der Waals surface area (Å²) in [6.45, 7) is 5.89. The Morgan fingerprint density at radius 1 is 1.07 bits per heavy atom. The zero-order valence-electron chi connectivity index (χ0n) is 17.0. The van der Waals surface area contributed by atoms with Crippen molar-refractivity contribution < 1.29 is 0 Å². The van der Waals surface area contributed by atoms with Crippen LogP contribution in [0.4, 0.5) is 5.13 Å². The fourth-order valence-electron chi connectivity index (χ4n) is 5.27. The predicted molar refractivity (Wildman–Crippen MR) is 117 cm³/mol. The van der Waals surface area contributed by atoms with Crippen LogP contribution in [0.15, 0.2) is 30.5 Å². The molecule has 5 heteroatoms. The van der Waals surface area contributed by atoms with Gasteiger partial charge in [-0.05, 0) is 63.2 Å². The number of likely N-dealkylation sites (N-methyl/N-ethyl adjacent to an activating group) is 1. The lowest BCUT2D eigenvalue weighted by molar-refractivity contribution is 0.0840. The molecule has 150 valence electrons. The van der Waals surface area contributed by atoms with Gasteiger partial charge in [0, 0.05) is 49.3 Å². The number of hydrogen-bond acceptors (Lipinski definition) is 5. The van der Waals surface area contributed by atoms with Crippen LogP contribution in [0.3, 0.4) is 0 Å². The van der Waals surface area contributed by atoms with Gasteiger partial charge in [0.05, 0.1) is 0 Å². The monoisotopic (exact) mass is 396 g/mol. The molecule has 1 aliphatic carbocycles. The number of fused-ring (bicyclic) bond motifs is 1. The lowest BCUT2D eigenvalue weighted by atomic mass is 10.0. The average Bonchev–Trinajstić information content (AvgIpc) is 3.47. The van der Waals surface area contributed by atoms with Crippen LogP contribution in [0.2, 0.25) is 0 Å². The van der Waals surface area contributed by atoms with Gasteiger partial charge in [0.2, 0.25) is 0 Å². The summed E-state index contributed by atoms with van der Waals surface area (Å²) in [5.41, 5.74) is 3.14. The molecule has 3 heterocycles. The summed E-state index contributed by atoms with van der Waals surface area (Å²) in [7, 11) is 2.31. The Hall–Kier alpha value is -1.43. The van der Waals surface area contributed by atoms with Gasteiger partial charge < -0.3 is 4.90 Å². The molecule has 1 atom stereocenters. The molecular weight excluding hydrogens is 364 g/mol. The summed E-state index contributed by atoms with van der Waals surface area (Å²) in [4.78, 5) is 13.9. The molecule has 2 fully saturated rings. The van der Waals surface area contributed by atoms with E-state index >= 15 is 0 Å². The Bertz CT molecular complexity index is 772. The smallest absolute Gasteiger partial charge is 0.185 e. The topological polar surface area (TPSA) is 22.6 Å². The molecule has 1 aromatic carbocycles. The molecule has 28 heavy (non-hydrogen) atoms. The van der Waals surface area contributed by atoms with Crippen LogP contribution in [0, 0.1) is 0 Å². The molecule has 0 amide bonds. The molecule has 3 aliphatic rings. The van der Waals surface area contributed by atoms with Gasteiger partial charge in [-0.2, -0.15) is 0 Å². The SMILES string of the molecule is CN(Cc1cnc(N2CCCC2)s1)C1CCCN(C2Cc3ccccc3C2)C1. The maximum Gasteiger partial charge on any atom is 0.185 e. The van der Waals surface area contributed by atoms with E-state index in [4.69, 9.17) is 4.98 Å². The predicted octanol–water partition coefficient (Wildman–Crippen LogP) is 3.81. The van der Waals surface area contributed by atoms with Gasteiger partial charge in [-0.3, -0.25) is 9.80 Å². The minimum absolute atomic E-state index is 0.662. The van der Waals surface area contributed by atoms with E-state index in [-0.39, 0.29) is 0 Å². The van der Waals surface area contributed by atoms with Crippen molar-refractivity contribution in [1.29, 1.82) is 0 Å². The van der Waals surface area contributed by atoms with Crippen molar-refractivity contribution in [3.63, 3.8) is 0 Å². The highest BCUT2D eigenvalue weighted by Crippen LogP contribution is 2.30. The molecule has 0 spiro atoms. The summed E-state index contributed by atoms with van der Waals surface area (Å²) in [5, 5.41) is 1.23. The van der Waals surface area contributed by atoms with Crippen molar-refractivity contribution in [2.75, 3.05) is 38.1 Å². The van der Waals surface area contributed by atoms with E-state index in [1.54, 1.807) is 11.1 Å². The molecule has 1 unspecified atom stereocenters. The van der Waals surface area contributed by atoms with E-state index in [1.165, 1.54) is 74.7 Å². The number of thiazole rings is 1. The number of hydrogen-bond donors (Lipinski definition) is 0. The van der Waals surface area contributed by atoms with Crippen molar-refractivity contribution in [1.82, 2.24) is 14.8 Å². The first-order chi connectivity index (χ1) is 13.8. The van der Waals surface area contributed by atoms with Crippen molar-refractivity contribution in [2.24, 2.45) is 0 Å². The summed E-state index contributed by atoms with van der Waals surface area (Å²) in [6.07, 6.45) is 9.87. The lowest BCUT2D eigenvalue weighted by Crippen LogP contribution is -2.50. The largest absolute Gasteiger partial charge is 0.348 e. The normalized spacial score (nSPS) is 23.6. The number of anilines is 1. The molecule has 4 nitrogen and oxygen atoms in total. The Morgan fingerprint density at radius 2 is 1.82 bits per heavy atom. The van der Waals surface area contributed by atoms with Gasteiger partial charge in [0.15, 0.2) is 5.13 Å². The summed E-state index contributed by atoms with van der Waals surface area (Å²) in [5.74, 6) is 0. The number of aromatic nitrogens is 1. The van der Waals surface area contributed by atoms with Crippen LogP contribution < -0.4 is 4.90 Å². The molecule has 2 aliphatic heterocycles. The second-order valence-electron chi connectivity index (χ2n) is 8.84. The Kier molecular flexibility index (Phi) is 5.40. The fourth-order valence-corrected chi connectivity index (χ4v) is 6.29. The number of rotatable bonds is 5. The Balaban J connectivity index is 1.18. The van der Waals surface area contributed by atoms with Gasteiger partial charge in [-0.15, -0.1) is 11.3 Å². The third kappa shape index (κ3) is 3.85. The van der Waals surface area contributed by atoms with Gasteiger partial charge in [0.1, 0.15) is 0 Å². The first-order valence-corrected chi connectivity index (χ1v) is 11.8. The minimum Gasteiger partial charge on any atom is -0.348 e.